The van der Waals surface area contributed by atoms with Crippen molar-refractivity contribution in [3.05, 3.63) is 42.0 Å². The van der Waals surface area contributed by atoms with Crippen LogP contribution in [-0.2, 0) is 16.1 Å². The van der Waals surface area contributed by atoms with Crippen molar-refractivity contribution in [1.29, 1.82) is 0 Å². The Morgan fingerprint density at radius 1 is 1.33 bits per heavy atom. The van der Waals surface area contributed by atoms with Crippen molar-refractivity contribution in [2.24, 2.45) is 5.92 Å². The first-order valence-electron chi connectivity index (χ1n) is 7.32. The molecule has 2 amide bonds. The Morgan fingerprint density at radius 2 is 2.10 bits per heavy atom. The second-order valence-electron chi connectivity index (χ2n) is 5.55. The van der Waals surface area contributed by atoms with Gasteiger partial charge in [0.05, 0.1) is 0 Å². The molecule has 4 heteroatoms. The maximum Gasteiger partial charge on any atom is 0.224 e. The van der Waals surface area contributed by atoms with Gasteiger partial charge in [0, 0.05) is 32.6 Å². The van der Waals surface area contributed by atoms with Crippen LogP contribution in [-0.4, -0.2) is 23.8 Å². The van der Waals surface area contributed by atoms with E-state index in [2.05, 4.69) is 17.5 Å². The van der Waals surface area contributed by atoms with Gasteiger partial charge in [-0.1, -0.05) is 30.4 Å². The fourth-order valence-electron chi connectivity index (χ4n) is 2.45. The molecule has 0 bridgehead atoms. The zero-order valence-electron chi connectivity index (χ0n) is 12.6. The average molecular weight is 286 g/mol. The molecule has 0 fully saturated rings. The lowest BCUT2D eigenvalue weighted by molar-refractivity contribution is -0.128. The quantitative estimate of drug-likeness (QED) is 0.846. The number of carbonyl (C=O) groups excluding carboxylic acids is 2. The van der Waals surface area contributed by atoms with E-state index in [0.29, 0.717) is 18.9 Å². The van der Waals surface area contributed by atoms with Crippen LogP contribution in [0.15, 0.2) is 36.4 Å². The summed E-state index contributed by atoms with van der Waals surface area (Å²) in [5.41, 5.74) is 1.74. The van der Waals surface area contributed by atoms with Gasteiger partial charge in [-0.25, -0.2) is 0 Å². The molecule has 1 aliphatic carbocycles. The highest BCUT2D eigenvalue weighted by atomic mass is 16.2. The molecule has 0 saturated carbocycles. The number of hydrogen-bond acceptors (Lipinski definition) is 2. The lowest BCUT2D eigenvalue weighted by atomic mass is 10.0. The van der Waals surface area contributed by atoms with E-state index >= 15 is 0 Å². The highest BCUT2D eigenvalue weighted by Crippen LogP contribution is 2.22. The van der Waals surface area contributed by atoms with E-state index in [-0.39, 0.29) is 11.8 Å². The topological polar surface area (TPSA) is 49.4 Å². The monoisotopic (exact) mass is 286 g/mol. The first-order chi connectivity index (χ1) is 10.1. The summed E-state index contributed by atoms with van der Waals surface area (Å²) in [6, 6.07) is 7.62. The summed E-state index contributed by atoms with van der Waals surface area (Å²) >= 11 is 0. The Hall–Kier alpha value is -2.10. The van der Waals surface area contributed by atoms with Crippen molar-refractivity contribution >= 4 is 17.5 Å². The number of allylic oxidation sites excluding steroid dienone is 2. The van der Waals surface area contributed by atoms with Gasteiger partial charge in [-0.2, -0.15) is 0 Å². The Labute approximate surface area is 125 Å². The molecular formula is C17H22N2O2. The maximum absolute atomic E-state index is 12.1. The highest BCUT2D eigenvalue weighted by molar-refractivity contribution is 5.91. The molecule has 0 spiro atoms. The van der Waals surface area contributed by atoms with Crippen LogP contribution in [0.5, 0.6) is 0 Å². The molecule has 21 heavy (non-hydrogen) atoms. The van der Waals surface area contributed by atoms with Gasteiger partial charge in [-0.15, -0.1) is 0 Å². The number of nitrogens with one attached hydrogen (secondary N) is 1. The molecule has 0 aromatic heterocycles. The zero-order chi connectivity index (χ0) is 15.2. The molecule has 112 valence electrons. The second-order valence-corrected chi connectivity index (χ2v) is 5.55. The standard InChI is InChI=1S/C17H22N2O2/c1-13(20)19(2)12-15-9-5-6-10-16(15)18-17(21)11-14-7-3-4-8-14/h3,5-7,9-10,14H,4,8,11-12H2,1-2H3,(H,18,21). The minimum absolute atomic E-state index is 0.00669. The number of benzene rings is 1. The van der Waals surface area contributed by atoms with Crippen molar-refractivity contribution in [1.82, 2.24) is 4.90 Å². The summed E-state index contributed by atoms with van der Waals surface area (Å²) in [5.74, 6) is 0.397. The summed E-state index contributed by atoms with van der Waals surface area (Å²) in [7, 11) is 1.75. The average Bonchev–Trinajstić information content (AvgIpc) is 2.93. The first-order valence-corrected chi connectivity index (χ1v) is 7.32. The molecule has 1 N–H and O–H groups in total. The fourth-order valence-corrected chi connectivity index (χ4v) is 2.45. The van der Waals surface area contributed by atoms with Gasteiger partial charge >= 0.3 is 0 Å². The number of amides is 2. The van der Waals surface area contributed by atoms with Crippen LogP contribution < -0.4 is 5.32 Å². The second kappa shape index (κ2) is 7.07. The summed E-state index contributed by atoms with van der Waals surface area (Å²) in [6.45, 7) is 2.03. The molecular weight excluding hydrogens is 264 g/mol. The van der Waals surface area contributed by atoms with Crippen LogP contribution >= 0.6 is 0 Å². The molecule has 2 rings (SSSR count). The molecule has 4 nitrogen and oxygen atoms in total. The minimum Gasteiger partial charge on any atom is -0.342 e. The number of hydrogen-bond donors (Lipinski definition) is 1. The van der Waals surface area contributed by atoms with E-state index in [1.165, 1.54) is 6.92 Å². The predicted molar refractivity (Wildman–Crippen MR) is 83.7 cm³/mol. The summed E-state index contributed by atoms with van der Waals surface area (Å²) in [6.07, 6.45) is 6.90. The SMILES string of the molecule is CC(=O)N(C)Cc1ccccc1NC(=O)CC1C=CCC1. The molecule has 0 radical (unpaired) electrons. The fraction of sp³-hybridized carbons (Fsp3) is 0.412. The Kier molecular flexibility index (Phi) is 5.14. The van der Waals surface area contributed by atoms with Gasteiger partial charge in [-0.05, 0) is 30.4 Å². The molecule has 1 unspecified atom stereocenters. The Morgan fingerprint density at radius 3 is 2.76 bits per heavy atom. The van der Waals surface area contributed by atoms with Crippen LogP contribution in [0.25, 0.3) is 0 Å². The van der Waals surface area contributed by atoms with Crippen LogP contribution in [0.4, 0.5) is 5.69 Å². The van der Waals surface area contributed by atoms with Gasteiger partial charge in [-0.3, -0.25) is 9.59 Å². The third-order valence-electron chi connectivity index (χ3n) is 3.80. The molecule has 0 aliphatic heterocycles. The van der Waals surface area contributed by atoms with Crippen molar-refractivity contribution in [2.75, 3.05) is 12.4 Å². The molecule has 0 heterocycles. The van der Waals surface area contributed by atoms with Crippen LogP contribution in [0.3, 0.4) is 0 Å². The smallest absolute Gasteiger partial charge is 0.224 e. The lowest BCUT2D eigenvalue weighted by Gasteiger charge is -2.18. The van der Waals surface area contributed by atoms with E-state index in [1.54, 1.807) is 11.9 Å². The van der Waals surface area contributed by atoms with Crippen molar-refractivity contribution in [3.8, 4) is 0 Å². The van der Waals surface area contributed by atoms with E-state index in [9.17, 15) is 9.59 Å². The normalized spacial score (nSPS) is 16.8. The lowest BCUT2D eigenvalue weighted by Crippen LogP contribution is -2.24. The molecule has 1 atom stereocenters. The summed E-state index contributed by atoms with van der Waals surface area (Å²) in [5, 5.41) is 2.97. The van der Waals surface area contributed by atoms with Gasteiger partial charge in [0.25, 0.3) is 0 Å². The van der Waals surface area contributed by atoms with Gasteiger partial charge in [0.2, 0.25) is 11.8 Å². The molecule has 1 aliphatic rings. The molecule has 0 saturated heterocycles. The van der Waals surface area contributed by atoms with Gasteiger partial charge in [0.15, 0.2) is 0 Å². The number of rotatable bonds is 5. The Bertz CT molecular complexity index is 551. The number of para-hydroxylation sites is 1. The third-order valence-corrected chi connectivity index (χ3v) is 3.80. The van der Waals surface area contributed by atoms with Gasteiger partial charge < -0.3 is 10.2 Å². The van der Waals surface area contributed by atoms with Crippen LogP contribution in [0, 0.1) is 5.92 Å². The van der Waals surface area contributed by atoms with Crippen LogP contribution in [0.1, 0.15) is 31.7 Å². The van der Waals surface area contributed by atoms with E-state index in [4.69, 9.17) is 0 Å². The van der Waals surface area contributed by atoms with E-state index in [1.807, 2.05) is 24.3 Å². The van der Waals surface area contributed by atoms with Crippen molar-refractivity contribution < 1.29 is 9.59 Å². The number of carbonyl (C=O) groups is 2. The minimum atomic E-state index is 0.00669. The van der Waals surface area contributed by atoms with E-state index in [0.717, 1.165) is 24.1 Å². The summed E-state index contributed by atoms with van der Waals surface area (Å²) < 4.78 is 0. The maximum atomic E-state index is 12.1. The number of anilines is 1. The Balaban J connectivity index is 2.00. The third kappa shape index (κ3) is 4.45. The van der Waals surface area contributed by atoms with Crippen molar-refractivity contribution in [2.45, 2.75) is 32.7 Å². The summed E-state index contributed by atoms with van der Waals surface area (Å²) in [4.78, 5) is 25.1. The largest absolute Gasteiger partial charge is 0.342 e. The molecule has 1 aromatic carbocycles. The zero-order valence-corrected chi connectivity index (χ0v) is 12.6. The first kappa shape index (κ1) is 15.3. The van der Waals surface area contributed by atoms with Gasteiger partial charge in [0.1, 0.15) is 0 Å². The molecule has 1 aromatic rings. The van der Waals surface area contributed by atoms with E-state index < -0.39 is 0 Å². The van der Waals surface area contributed by atoms with Crippen molar-refractivity contribution in [3.63, 3.8) is 0 Å². The highest BCUT2D eigenvalue weighted by Gasteiger charge is 2.15. The van der Waals surface area contributed by atoms with Crippen LogP contribution in [0.2, 0.25) is 0 Å². The number of nitrogens with zero attached hydrogens (tertiary/aromatic N) is 1. The predicted octanol–water partition coefficient (Wildman–Crippen LogP) is 2.96.